The number of nitrogens with zero attached hydrogens (tertiary/aromatic N) is 1. The molecule has 5 nitrogen and oxygen atoms in total. The molecule has 2 fully saturated rings. The van der Waals surface area contributed by atoms with Crippen LogP contribution in [-0.2, 0) is 4.79 Å². The Kier molecular flexibility index (Phi) is 3.88. The van der Waals surface area contributed by atoms with Gasteiger partial charge in [0.25, 0.3) is 0 Å². The van der Waals surface area contributed by atoms with E-state index in [1.807, 2.05) is 0 Å². The highest BCUT2D eigenvalue weighted by Gasteiger charge is 2.57. The molecule has 1 aliphatic carbocycles. The number of rotatable bonds is 3. The molecule has 2 heterocycles. The number of nitrogens with one attached hydrogen (secondary N) is 2. The Hall–Kier alpha value is -1.87. The number of amides is 1. The minimum atomic E-state index is -4.73. The number of anilines is 1. The van der Waals surface area contributed by atoms with Gasteiger partial charge in [-0.25, -0.2) is 4.98 Å². The van der Waals surface area contributed by atoms with Crippen molar-refractivity contribution in [2.75, 3.05) is 18.4 Å². The third kappa shape index (κ3) is 3.43. The smallest absolute Gasteiger partial charge is 0.406 e. The topological polar surface area (TPSA) is 63.2 Å². The van der Waals surface area contributed by atoms with Crippen LogP contribution >= 0.6 is 11.3 Å². The number of benzene rings is 1. The molecule has 134 valence electrons. The number of thiazole rings is 1. The first-order valence-corrected chi connectivity index (χ1v) is 8.84. The van der Waals surface area contributed by atoms with E-state index in [-0.39, 0.29) is 23.0 Å². The first kappa shape index (κ1) is 16.6. The van der Waals surface area contributed by atoms with Crippen LogP contribution in [0.4, 0.5) is 18.3 Å². The Labute approximate surface area is 145 Å². The van der Waals surface area contributed by atoms with Gasteiger partial charge in [-0.15, -0.1) is 13.2 Å². The Balaban J connectivity index is 1.46. The molecule has 0 bridgehead atoms. The molecular formula is C16H16F3N3O2S. The lowest BCUT2D eigenvalue weighted by molar-refractivity contribution is -0.274. The molecule has 2 aromatic rings. The zero-order chi connectivity index (χ0) is 17.7. The maximum Gasteiger partial charge on any atom is 0.573 e. The molecule has 1 atom stereocenters. The third-order valence-electron chi connectivity index (χ3n) is 4.93. The highest BCUT2D eigenvalue weighted by atomic mass is 32.1. The van der Waals surface area contributed by atoms with Crippen LogP contribution in [0.15, 0.2) is 18.2 Å². The van der Waals surface area contributed by atoms with Crippen molar-refractivity contribution in [3.63, 3.8) is 0 Å². The predicted molar refractivity (Wildman–Crippen MR) is 87.6 cm³/mol. The molecule has 1 aromatic heterocycles. The molecule has 1 spiro atoms. The summed E-state index contributed by atoms with van der Waals surface area (Å²) < 4.78 is 41.3. The molecule has 1 saturated heterocycles. The van der Waals surface area contributed by atoms with E-state index in [0.717, 1.165) is 43.7 Å². The van der Waals surface area contributed by atoms with E-state index >= 15 is 0 Å². The van der Waals surface area contributed by atoms with E-state index in [1.165, 1.54) is 18.2 Å². The predicted octanol–water partition coefficient (Wildman–Crippen LogP) is 3.52. The molecule has 0 radical (unpaired) electrons. The highest BCUT2D eigenvalue weighted by Crippen LogP contribution is 2.58. The first-order valence-electron chi connectivity index (χ1n) is 8.03. The second-order valence-electron chi connectivity index (χ2n) is 6.55. The van der Waals surface area contributed by atoms with E-state index in [4.69, 9.17) is 0 Å². The van der Waals surface area contributed by atoms with Gasteiger partial charge in [0.05, 0.1) is 10.2 Å². The summed E-state index contributed by atoms with van der Waals surface area (Å²) >= 11 is 1.14. The summed E-state index contributed by atoms with van der Waals surface area (Å²) in [4.78, 5) is 16.7. The minimum absolute atomic E-state index is 0.00531. The van der Waals surface area contributed by atoms with Crippen molar-refractivity contribution >= 4 is 32.6 Å². The fourth-order valence-electron chi connectivity index (χ4n) is 3.54. The van der Waals surface area contributed by atoms with Crippen molar-refractivity contribution in [3.05, 3.63) is 18.2 Å². The Morgan fingerprint density at radius 2 is 2.12 bits per heavy atom. The number of piperidine rings is 1. The molecule has 9 heteroatoms. The number of carbonyl (C=O) groups is 1. The van der Waals surface area contributed by atoms with E-state index in [9.17, 15) is 18.0 Å². The molecule has 1 aromatic carbocycles. The van der Waals surface area contributed by atoms with Crippen LogP contribution in [0.3, 0.4) is 0 Å². The third-order valence-corrected chi connectivity index (χ3v) is 5.86. The van der Waals surface area contributed by atoms with Crippen molar-refractivity contribution in [1.29, 1.82) is 0 Å². The van der Waals surface area contributed by atoms with Crippen molar-refractivity contribution in [1.82, 2.24) is 10.3 Å². The number of ether oxygens (including phenoxy) is 1. The number of fused-ring (bicyclic) bond motifs is 1. The molecule has 1 aliphatic heterocycles. The van der Waals surface area contributed by atoms with Crippen LogP contribution in [0.1, 0.15) is 19.3 Å². The fourth-order valence-corrected chi connectivity index (χ4v) is 4.44. The average Bonchev–Trinajstić information content (AvgIpc) is 3.07. The highest BCUT2D eigenvalue weighted by molar-refractivity contribution is 7.22. The van der Waals surface area contributed by atoms with Crippen LogP contribution in [0.2, 0.25) is 0 Å². The molecular weight excluding hydrogens is 355 g/mol. The van der Waals surface area contributed by atoms with E-state index in [1.54, 1.807) is 0 Å². The van der Waals surface area contributed by atoms with Crippen molar-refractivity contribution in [3.8, 4) is 5.75 Å². The molecule has 25 heavy (non-hydrogen) atoms. The summed E-state index contributed by atoms with van der Waals surface area (Å²) in [6.07, 6.45) is -1.83. The largest absolute Gasteiger partial charge is 0.573 e. The lowest BCUT2D eigenvalue weighted by Gasteiger charge is -2.22. The van der Waals surface area contributed by atoms with Crippen LogP contribution < -0.4 is 15.4 Å². The van der Waals surface area contributed by atoms with E-state index in [2.05, 4.69) is 20.4 Å². The number of alkyl halides is 3. The van der Waals surface area contributed by atoms with Crippen LogP contribution in [0.25, 0.3) is 10.2 Å². The number of halogens is 3. The summed E-state index contributed by atoms with van der Waals surface area (Å²) in [7, 11) is 0. The molecule has 1 unspecified atom stereocenters. The summed E-state index contributed by atoms with van der Waals surface area (Å²) in [6, 6.07) is 3.95. The number of hydrogen-bond donors (Lipinski definition) is 2. The van der Waals surface area contributed by atoms with E-state index < -0.39 is 6.36 Å². The Bertz CT molecular complexity index is 815. The van der Waals surface area contributed by atoms with Crippen LogP contribution in [-0.4, -0.2) is 30.3 Å². The molecule has 4 rings (SSSR count). The van der Waals surface area contributed by atoms with Crippen LogP contribution in [0.5, 0.6) is 5.75 Å². The molecule has 2 N–H and O–H groups in total. The van der Waals surface area contributed by atoms with Gasteiger partial charge in [-0.05, 0) is 49.9 Å². The SMILES string of the molecule is O=C(Nc1nc2ccc(OC(F)(F)F)cc2s1)C1CC12CCNCC2. The lowest BCUT2D eigenvalue weighted by Crippen LogP contribution is -2.31. The number of carbonyl (C=O) groups excluding carboxylic acids is 1. The van der Waals surface area contributed by atoms with Gasteiger partial charge >= 0.3 is 6.36 Å². The Morgan fingerprint density at radius 3 is 2.84 bits per heavy atom. The van der Waals surface area contributed by atoms with Gasteiger partial charge in [-0.3, -0.25) is 4.79 Å². The summed E-state index contributed by atoms with van der Waals surface area (Å²) in [5.74, 6) is -0.337. The minimum Gasteiger partial charge on any atom is -0.406 e. The number of aromatic nitrogens is 1. The van der Waals surface area contributed by atoms with Crippen molar-refractivity contribution < 1.29 is 22.7 Å². The van der Waals surface area contributed by atoms with E-state index in [0.29, 0.717) is 15.3 Å². The normalized spacial score (nSPS) is 22.1. The summed E-state index contributed by atoms with van der Waals surface area (Å²) in [5.41, 5.74) is 0.655. The zero-order valence-corrected chi connectivity index (χ0v) is 14.0. The molecule has 2 aliphatic rings. The monoisotopic (exact) mass is 371 g/mol. The maximum absolute atomic E-state index is 12.4. The van der Waals surface area contributed by atoms with Crippen molar-refractivity contribution in [2.24, 2.45) is 11.3 Å². The molecule has 1 saturated carbocycles. The second-order valence-corrected chi connectivity index (χ2v) is 7.59. The average molecular weight is 371 g/mol. The quantitative estimate of drug-likeness (QED) is 0.867. The van der Waals surface area contributed by atoms with Gasteiger partial charge in [0.2, 0.25) is 5.91 Å². The van der Waals surface area contributed by atoms with Crippen LogP contribution in [0, 0.1) is 11.3 Å². The van der Waals surface area contributed by atoms with Gasteiger partial charge in [0.15, 0.2) is 5.13 Å². The van der Waals surface area contributed by atoms with Gasteiger partial charge in [-0.2, -0.15) is 0 Å². The zero-order valence-electron chi connectivity index (χ0n) is 13.2. The second kappa shape index (κ2) is 5.84. The van der Waals surface area contributed by atoms with Gasteiger partial charge < -0.3 is 15.4 Å². The van der Waals surface area contributed by atoms with Gasteiger partial charge in [0.1, 0.15) is 5.75 Å². The van der Waals surface area contributed by atoms with Gasteiger partial charge in [-0.1, -0.05) is 11.3 Å². The van der Waals surface area contributed by atoms with Crippen molar-refractivity contribution in [2.45, 2.75) is 25.6 Å². The summed E-state index contributed by atoms with van der Waals surface area (Å²) in [6.45, 7) is 1.87. The standard InChI is InChI=1S/C16H16F3N3O2S/c17-16(18,19)24-9-1-2-11-12(7-9)25-14(21-11)22-13(23)10-8-15(10)3-5-20-6-4-15/h1-2,7,10,20H,3-6,8H2,(H,21,22,23). The lowest BCUT2D eigenvalue weighted by atomic mass is 9.92. The number of hydrogen-bond acceptors (Lipinski definition) is 5. The molecule has 1 amide bonds. The fraction of sp³-hybridized carbons (Fsp3) is 0.500. The summed E-state index contributed by atoms with van der Waals surface area (Å²) in [5, 5.41) is 6.52. The Morgan fingerprint density at radius 1 is 1.36 bits per heavy atom. The van der Waals surface area contributed by atoms with Gasteiger partial charge in [0, 0.05) is 12.0 Å². The first-order chi connectivity index (χ1) is 11.8. The maximum atomic E-state index is 12.4.